The summed E-state index contributed by atoms with van der Waals surface area (Å²) in [5, 5.41) is 21.4. The Balaban J connectivity index is 1.45. The molecule has 2 unspecified atom stereocenters. The molecule has 0 spiro atoms. The molecule has 10 nitrogen and oxygen atoms in total. The topological polar surface area (TPSA) is 135 Å². The Labute approximate surface area is 243 Å². The van der Waals surface area contributed by atoms with Gasteiger partial charge in [0.2, 0.25) is 5.95 Å². The minimum Gasteiger partial charge on any atom is -0.416 e. The Bertz CT molecular complexity index is 1640. The van der Waals surface area contributed by atoms with Crippen LogP contribution in [0.25, 0.3) is 11.3 Å². The van der Waals surface area contributed by atoms with Gasteiger partial charge in [0.05, 0.1) is 40.2 Å². The number of nitriles is 1. The first-order chi connectivity index (χ1) is 19.1. The van der Waals surface area contributed by atoms with Crippen molar-refractivity contribution >= 4 is 35.6 Å². The van der Waals surface area contributed by atoms with Gasteiger partial charge in [0.1, 0.15) is 11.9 Å². The third-order valence-corrected chi connectivity index (χ3v) is 15.0. The number of anilines is 3. The molecule has 3 aromatic rings. The number of sulfone groups is 1. The molecule has 1 saturated heterocycles. The Morgan fingerprint density at radius 1 is 1.29 bits per heavy atom. The van der Waals surface area contributed by atoms with E-state index in [4.69, 9.17) is 9.41 Å². The predicted molar refractivity (Wildman–Crippen MR) is 164 cm³/mol. The summed E-state index contributed by atoms with van der Waals surface area (Å²) in [5.41, 5.74) is 4.44. The van der Waals surface area contributed by atoms with Gasteiger partial charge in [0.15, 0.2) is 18.2 Å². The van der Waals surface area contributed by atoms with E-state index in [2.05, 4.69) is 73.6 Å². The van der Waals surface area contributed by atoms with E-state index in [0.29, 0.717) is 42.6 Å². The molecule has 2 atom stereocenters. The largest absolute Gasteiger partial charge is 0.416 e. The zero-order valence-corrected chi connectivity index (χ0v) is 26.7. The first-order valence-corrected chi connectivity index (χ1v) is 18.7. The fourth-order valence-corrected chi connectivity index (χ4v) is 7.96. The number of fused-ring (bicyclic) bond motifs is 1. The summed E-state index contributed by atoms with van der Waals surface area (Å²) in [7, 11) is -5.03. The summed E-state index contributed by atoms with van der Waals surface area (Å²) in [5.74, 6) is 1.25. The zero-order chi connectivity index (χ0) is 29.8. The predicted octanol–water partition coefficient (Wildman–Crippen LogP) is 5.33. The molecular weight excluding hydrogens is 555 g/mol. The summed E-state index contributed by atoms with van der Waals surface area (Å²) in [6.45, 7) is 16.5. The van der Waals surface area contributed by atoms with E-state index in [9.17, 15) is 13.7 Å². The number of nitrogens with zero attached hydrogens (tertiary/aromatic N) is 5. The average Bonchev–Trinajstić information content (AvgIpc) is 3.56. The molecule has 1 fully saturated rings. The molecule has 2 aliphatic heterocycles. The highest BCUT2D eigenvalue weighted by Gasteiger charge is 2.42. The molecule has 2 N–H and O–H groups in total. The molecule has 12 heteroatoms. The third kappa shape index (κ3) is 5.76. The van der Waals surface area contributed by atoms with E-state index in [-0.39, 0.29) is 28.0 Å². The van der Waals surface area contributed by atoms with Gasteiger partial charge in [-0.15, -0.1) is 0 Å². The number of aryl methyl sites for hydroxylation is 1. The van der Waals surface area contributed by atoms with E-state index >= 15 is 0 Å². The van der Waals surface area contributed by atoms with Crippen molar-refractivity contribution in [3.8, 4) is 17.3 Å². The minimum absolute atomic E-state index is 0.0711. The molecule has 2 aromatic heterocycles. The maximum Gasteiger partial charge on any atom is 0.228 e. The fourth-order valence-electron chi connectivity index (χ4n) is 5.16. The van der Waals surface area contributed by atoms with Crippen LogP contribution in [0.2, 0.25) is 18.1 Å². The van der Waals surface area contributed by atoms with Crippen LogP contribution in [0.1, 0.15) is 57.0 Å². The van der Waals surface area contributed by atoms with Gasteiger partial charge in [-0.25, -0.2) is 23.1 Å². The number of benzene rings is 1. The average molecular weight is 594 g/mol. The van der Waals surface area contributed by atoms with E-state index < -0.39 is 18.2 Å². The van der Waals surface area contributed by atoms with E-state index in [1.165, 1.54) is 0 Å². The lowest BCUT2D eigenvalue weighted by molar-refractivity contribution is 0.220. The van der Waals surface area contributed by atoms with Gasteiger partial charge in [-0.05, 0) is 55.2 Å². The molecule has 218 valence electrons. The number of nitrogens with one attached hydrogen (secondary N) is 2. The molecule has 5 rings (SSSR count). The highest BCUT2D eigenvalue weighted by Crippen LogP contribution is 2.44. The lowest BCUT2D eigenvalue weighted by Crippen LogP contribution is -2.45. The Morgan fingerprint density at radius 2 is 2.05 bits per heavy atom. The first-order valence-electron chi connectivity index (χ1n) is 13.9. The summed E-state index contributed by atoms with van der Waals surface area (Å²) < 4.78 is 32.6. The van der Waals surface area contributed by atoms with Crippen molar-refractivity contribution in [3.05, 3.63) is 47.3 Å². The van der Waals surface area contributed by atoms with Gasteiger partial charge in [-0.3, -0.25) is 0 Å². The minimum atomic E-state index is -3.07. The lowest BCUT2D eigenvalue weighted by Gasteiger charge is -2.39. The van der Waals surface area contributed by atoms with Crippen molar-refractivity contribution < 1.29 is 12.8 Å². The van der Waals surface area contributed by atoms with E-state index in [0.717, 1.165) is 22.5 Å². The van der Waals surface area contributed by atoms with Crippen molar-refractivity contribution in [3.63, 3.8) is 0 Å². The SMILES string of the molecule is Cc1cc(Nc2nccc(-c3cc(C#N)c4c(c3)C(C)(CO[Si](C)(C)C(C)(C)C)CN4)n2)n(C2CCS(=O)(=O)C2)n1. The van der Waals surface area contributed by atoms with Gasteiger partial charge in [-0.1, -0.05) is 27.7 Å². The first kappa shape index (κ1) is 29.2. The monoisotopic (exact) mass is 593 g/mol. The molecule has 1 aromatic carbocycles. The molecule has 41 heavy (non-hydrogen) atoms. The lowest BCUT2D eigenvalue weighted by atomic mass is 9.83. The normalized spacial score (nSPS) is 21.8. The Hall–Kier alpha value is -3.27. The molecular formula is C29H39N7O3SSi. The van der Waals surface area contributed by atoms with Crippen LogP contribution < -0.4 is 10.6 Å². The van der Waals surface area contributed by atoms with Gasteiger partial charge in [0.25, 0.3) is 0 Å². The maximum absolute atomic E-state index is 12.1. The van der Waals surface area contributed by atoms with Crippen LogP contribution in [-0.4, -0.2) is 61.1 Å². The van der Waals surface area contributed by atoms with Crippen LogP contribution in [0.3, 0.4) is 0 Å². The molecule has 2 aliphatic rings. The van der Waals surface area contributed by atoms with Crippen molar-refractivity contribution in [1.29, 1.82) is 5.26 Å². The smallest absolute Gasteiger partial charge is 0.228 e. The van der Waals surface area contributed by atoms with Crippen molar-refractivity contribution in [2.45, 2.75) is 70.6 Å². The van der Waals surface area contributed by atoms with Crippen LogP contribution in [0.4, 0.5) is 17.5 Å². The number of aromatic nitrogens is 4. The van der Waals surface area contributed by atoms with Gasteiger partial charge < -0.3 is 15.1 Å². The van der Waals surface area contributed by atoms with Crippen LogP contribution in [0.5, 0.6) is 0 Å². The fraction of sp³-hybridized carbons (Fsp3) is 0.517. The second-order valence-corrected chi connectivity index (χ2v) is 20.1. The van der Waals surface area contributed by atoms with Crippen LogP contribution >= 0.6 is 0 Å². The van der Waals surface area contributed by atoms with E-state index in [1.54, 1.807) is 10.9 Å². The second kappa shape index (κ2) is 10.2. The van der Waals surface area contributed by atoms with Crippen molar-refractivity contribution in [2.75, 3.05) is 35.3 Å². The summed E-state index contributed by atoms with van der Waals surface area (Å²) >= 11 is 0. The van der Waals surface area contributed by atoms with Gasteiger partial charge >= 0.3 is 0 Å². The summed E-state index contributed by atoms with van der Waals surface area (Å²) in [6.07, 6.45) is 2.20. The van der Waals surface area contributed by atoms with Crippen LogP contribution in [0.15, 0.2) is 30.5 Å². The molecule has 0 amide bonds. The number of rotatable bonds is 7. The highest BCUT2D eigenvalue weighted by molar-refractivity contribution is 7.91. The molecule has 0 aliphatic carbocycles. The van der Waals surface area contributed by atoms with Crippen molar-refractivity contribution in [2.24, 2.45) is 0 Å². The second-order valence-electron chi connectivity index (χ2n) is 13.1. The summed E-state index contributed by atoms with van der Waals surface area (Å²) in [6, 6.07) is 9.79. The standard InChI is InChI=1S/C29H39N7O3SSi/c1-19-12-25(36(35-19)22-9-11-40(37,38)16-22)34-27-31-10-8-24(33-27)20-13-21(15-30)26-23(14-20)29(5,17-32-26)18-39-41(6,7)28(2,3)4/h8,10,12-14,22,32H,9,11,16-18H2,1-7H3,(H,31,33,34). The van der Waals surface area contributed by atoms with Crippen molar-refractivity contribution in [1.82, 2.24) is 19.7 Å². The van der Waals surface area contributed by atoms with Gasteiger partial charge in [-0.2, -0.15) is 10.4 Å². The molecule has 0 saturated carbocycles. The Kier molecular flexibility index (Phi) is 7.29. The molecule has 4 heterocycles. The maximum atomic E-state index is 12.1. The van der Waals surface area contributed by atoms with Crippen LogP contribution in [0, 0.1) is 18.3 Å². The quantitative estimate of drug-likeness (QED) is 0.349. The van der Waals surface area contributed by atoms with E-state index in [1.807, 2.05) is 25.1 Å². The van der Waals surface area contributed by atoms with Gasteiger partial charge in [0, 0.05) is 36.4 Å². The third-order valence-electron chi connectivity index (χ3n) is 8.73. The number of hydrogen-bond acceptors (Lipinski definition) is 9. The van der Waals surface area contributed by atoms with Crippen LogP contribution in [-0.2, 0) is 19.7 Å². The number of hydrogen-bond donors (Lipinski definition) is 2. The highest BCUT2D eigenvalue weighted by atomic mass is 32.2. The molecule has 0 radical (unpaired) electrons. The Morgan fingerprint density at radius 3 is 2.71 bits per heavy atom. The molecule has 0 bridgehead atoms. The summed E-state index contributed by atoms with van der Waals surface area (Å²) in [4.78, 5) is 9.19. The zero-order valence-electron chi connectivity index (χ0n) is 24.9.